The molecule has 4 bridgehead atoms. The first-order valence-electron chi connectivity index (χ1n) is 12.1. The van der Waals surface area contributed by atoms with Crippen molar-refractivity contribution in [1.82, 2.24) is 0 Å². The lowest BCUT2D eigenvalue weighted by atomic mass is 9.50. The van der Waals surface area contributed by atoms with Gasteiger partial charge in [-0.2, -0.15) is 0 Å². The fourth-order valence-corrected chi connectivity index (χ4v) is 6.68. The van der Waals surface area contributed by atoms with E-state index in [0.717, 1.165) is 43.9 Å². The molecule has 164 valence electrons. The van der Waals surface area contributed by atoms with Gasteiger partial charge in [-0.05, 0) is 115 Å². The maximum Gasteiger partial charge on any atom is 0.311 e. The molecule has 5 fully saturated rings. The number of hydrogen-bond donors (Lipinski definition) is 0. The van der Waals surface area contributed by atoms with Crippen molar-refractivity contribution in [3.8, 4) is 0 Å². The molecule has 4 nitrogen and oxygen atoms in total. The SMILES string of the molecule is CCC(C)(C)C(=O)OCC1CCC(C(=O)OC2(C)C3CC4CC(C3)CC2C4)CC1. The minimum atomic E-state index is -0.408. The van der Waals surface area contributed by atoms with Crippen LogP contribution >= 0.6 is 0 Å². The van der Waals surface area contributed by atoms with Gasteiger partial charge in [0, 0.05) is 0 Å². The molecule has 0 unspecified atom stereocenters. The monoisotopic (exact) mass is 404 g/mol. The number of hydrogen-bond acceptors (Lipinski definition) is 4. The van der Waals surface area contributed by atoms with Crippen LogP contribution in [0.4, 0.5) is 0 Å². The molecule has 0 heterocycles. The fourth-order valence-electron chi connectivity index (χ4n) is 6.68. The highest BCUT2D eigenvalue weighted by molar-refractivity contribution is 5.75. The average Bonchev–Trinajstić information content (AvgIpc) is 2.70. The van der Waals surface area contributed by atoms with Crippen LogP contribution in [0.15, 0.2) is 0 Å². The Morgan fingerprint density at radius 1 is 0.931 bits per heavy atom. The minimum Gasteiger partial charge on any atom is -0.465 e. The van der Waals surface area contributed by atoms with E-state index < -0.39 is 5.41 Å². The first-order chi connectivity index (χ1) is 13.7. The van der Waals surface area contributed by atoms with Crippen molar-refractivity contribution in [1.29, 1.82) is 0 Å². The van der Waals surface area contributed by atoms with Crippen molar-refractivity contribution >= 4 is 11.9 Å². The summed E-state index contributed by atoms with van der Waals surface area (Å²) in [7, 11) is 0. The molecule has 5 rings (SSSR count). The van der Waals surface area contributed by atoms with Gasteiger partial charge in [-0.3, -0.25) is 9.59 Å². The van der Waals surface area contributed by atoms with E-state index in [4.69, 9.17) is 9.47 Å². The molecule has 0 radical (unpaired) electrons. The first-order valence-corrected chi connectivity index (χ1v) is 12.1. The summed E-state index contributed by atoms with van der Waals surface area (Å²) in [5, 5.41) is 0. The second kappa shape index (κ2) is 7.89. The van der Waals surface area contributed by atoms with Crippen molar-refractivity contribution in [2.24, 2.45) is 40.9 Å². The van der Waals surface area contributed by atoms with Crippen molar-refractivity contribution in [2.45, 2.75) is 97.5 Å². The minimum absolute atomic E-state index is 0.0306. The first kappa shape index (κ1) is 21.2. The normalized spacial score (nSPS) is 41.2. The van der Waals surface area contributed by atoms with E-state index >= 15 is 0 Å². The maximum atomic E-state index is 13.0. The fraction of sp³-hybridized carbons (Fsp3) is 0.920. The smallest absolute Gasteiger partial charge is 0.311 e. The summed E-state index contributed by atoms with van der Waals surface area (Å²) < 4.78 is 11.9. The van der Waals surface area contributed by atoms with Crippen LogP contribution in [0.5, 0.6) is 0 Å². The van der Waals surface area contributed by atoms with E-state index in [-0.39, 0.29) is 23.5 Å². The van der Waals surface area contributed by atoms with Crippen LogP contribution in [-0.2, 0) is 19.1 Å². The third-order valence-electron chi connectivity index (χ3n) is 9.15. The van der Waals surface area contributed by atoms with Crippen LogP contribution < -0.4 is 0 Å². The molecule has 29 heavy (non-hydrogen) atoms. The number of carbonyl (C=O) groups is 2. The molecule has 5 aliphatic rings. The van der Waals surface area contributed by atoms with Gasteiger partial charge in [0.15, 0.2) is 0 Å². The van der Waals surface area contributed by atoms with Gasteiger partial charge in [-0.25, -0.2) is 0 Å². The second-order valence-electron chi connectivity index (χ2n) is 11.5. The lowest BCUT2D eigenvalue weighted by Gasteiger charge is -2.59. The molecule has 0 amide bonds. The Kier molecular flexibility index (Phi) is 5.76. The van der Waals surface area contributed by atoms with Crippen LogP contribution in [0.3, 0.4) is 0 Å². The Bertz CT molecular complexity index is 601. The third-order valence-corrected chi connectivity index (χ3v) is 9.15. The summed E-state index contributed by atoms with van der Waals surface area (Å²) in [6.07, 6.45) is 10.9. The summed E-state index contributed by atoms with van der Waals surface area (Å²) in [4.78, 5) is 25.2. The molecule has 4 heteroatoms. The Morgan fingerprint density at radius 3 is 2.00 bits per heavy atom. The predicted molar refractivity (Wildman–Crippen MR) is 112 cm³/mol. The van der Waals surface area contributed by atoms with Crippen molar-refractivity contribution in [3.05, 3.63) is 0 Å². The van der Waals surface area contributed by atoms with Gasteiger partial charge in [0.05, 0.1) is 17.9 Å². The largest absolute Gasteiger partial charge is 0.465 e. The predicted octanol–water partition coefficient (Wildman–Crippen LogP) is 5.53. The van der Waals surface area contributed by atoms with E-state index in [9.17, 15) is 9.59 Å². The molecular formula is C25H40O4. The zero-order valence-corrected chi connectivity index (χ0v) is 18.9. The van der Waals surface area contributed by atoms with Crippen LogP contribution in [0, 0.1) is 40.9 Å². The number of esters is 2. The molecule has 5 saturated carbocycles. The van der Waals surface area contributed by atoms with Crippen LogP contribution in [0.1, 0.15) is 91.9 Å². The second-order valence-corrected chi connectivity index (χ2v) is 11.5. The molecule has 0 aliphatic heterocycles. The van der Waals surface area contributed by atoms with Crippen molar-refractivity contribution < 1.29 is 19.1 Å². The summed E-state index contributed by atoms with van der Waals surface area (Å²) in [5.41, 5.74) is -0.627. The topological polar surface area (TPSA) is 52.6 Å². The van der Waals surface area contributed by atoms with Gasteiger partial charge < -0.3 is 9.47 Å². The van der Waals surface area contributed by atoms with Gasteiger partial charge in [0.2, 0.25) is 0 Å². The Balaban J connectivity index is 1.25. The van der Waals surface area contributed by atoms with E-state index in [1.807, 2.05) is 20.8 Å². The Morgan fingerprint density at radius 2 is 1.48 bits per heavy atom. The lowest BCUT2D eigenvalue weighted by Crippen LogP contribution is -2.58. The molecule has 0 spiro atoms. The molecule has 0 aromatic heterocycles. The summed E-state index contributed by atoms with van der Waals surface area (Å²) in [6, 6.07) is 0. The Hall–Kier alpha value is -1.06. The lowest BCUT2D eigenvalue weighted by molar-refractivity contribution is -0.208. The number of carbonyl (C=O) groups excluding carboxylic acids is 2. The quantitative estimate of drug-likeness (QED) is 0.546. The van der Waals surface area contributed by atoms with Gasteiger partial charge in [0.1, 0.15) is 5.60 Å². The van der Waals surface area contributed by atoms with E-state index in [1.165, 1.54) is 32.1 Å². The zero-order valence-electron chi connectivity index (χ0n) is 18.9. The highest BCUT2D eigenvalue weighted by Gasteiger charge is 2.57. The number of ether oxygens (including phenoxy) is 2. The molecule has 0 saturated heterocycles. The highest BCUT2D eigenvalue weighted by Crippen LogP contribution is 2.59. The molecule has 0 aromatic carbocycles. The zero-order chi connectivity index (χ0) is 20.8. The standard InChI is InChI=1S/C25H40O4/c1-5-24(2,3)23(27)28-15-16-6-8-19(9-7-16)22(26)29-25(4)20-11-17-10-18(13-20)14-21(25)12-17/h16-21H,5-15H2,1-4H3. The van der Waals surface area contributed by atoms with Gasteiger partial charge in [0.25, 0.3) is 0 Å². The summed E-state index contributed by atoms with van der Waals surface area (Å²) in [6.45, 7) is 8.62. The van der Waals surface area contributed by atoms with E-state index in [2.05, 4.69) is 6.92 Å². The van der Waals surface area contributed by atoms with E-state index in [1.54, 1.807) is 0 Å². The molecule has 0 aromatic rings. The third kappa shape index (κ3) is 4.10. The average molecular weight is 405 g/mol. The molecule has 0 atom stereocenters. The molecule has 5 aliphatic carbocycles. The molecule has 0 N–H and O–H groups in total. The van der Waals surface area contributed by atoms with Gasteiger partial charge in [-0.1, -0.05) is 6.92 Å². The summed E-state index contributed by atoms with van der Waals surface area (Å²) in [5.74, 6) is 3.30. The van der Waals surface area contributed by atoms with Gasteiger partial charge >= 0.3 is 11.9 Å². The molecular weight excluding hydrogens is 364 g/mol. The van der Waals surface area contributed by atoms with Crippen LogP contribution in [0.25, 0.3) is 0 Å². The highest BCUT2D eigenvalue weighted by atomic mass is 16.6. The number of rotatable bonds is 6. The van der Waals surface area contributed by atoms with E-state index in [0.29, 0.717) is 24.4 Å². The summed E-state index contributed by atoms with van der Waals surface area (Å²) >= 11 is 0. The maximum absolute atomic E-state index is 13.0. The van der Waals surface area contributed by atoms with Crippen molar-refractivity contribution in [3.63, 3.8) is 0 Å². The van der Waals surface area contributed by atoms with Gasteiger partial charge in [-0.15, -0.1) is 0 Å². The van der Waals surface area contributed by atoms with Crippen LogP contribution in [-0.4, -0.2) is 24.1 Å². The van der Waals surface area contributed by atoms with Crippen LogP contribution in [0.2, 0.25) is 0 Å². The Labute approximate surface area is 176 Å². The van der Waals surface area contributed by atoms with Crippen molar-refractivity contribution in [2.75, 3.05) is 6.61 Å².